The third kappa shape index (κ3) is 2.88. The quantitative estimate of drug-likeness (QED) is 0.766. The van der Waals surface area contributed by atoms with Crippen LogP contribution < -0.4 is 5.73 Å². The van der Waals surface area contributed by atoms with Gasteiger partial charge in [0.05, 0.1) is 17.3 Å². The maximum Gasteiger partial charge on any atom is 0.254 e. The molecule has 2 N–H and O–H groups in total. The molecule has 1 saturated heterocycles. The van der Waals surface area contributed by atoms with Crippen LogP contribution in [-0.4, -0.2) is 34.9 Å². The molecule has 134 valence electrons. The lowest BCUT2D eigenvalue weighted by molar-refractivity contribution is 0.0535. The summed E-state index contributed by atoms with van der Waals surface area (Å²) in [5.74, 6) is 0.683. The molecule has 1 fully saturated rings. The Bertz CT molecular complexity index is 947. The predicted molar refractivity (Wildman–Crippen MR) is 102 cm³/mol. The van der Waals surface area contributed by atoms with E-state index in [1.54, 1.807) is 6.26 Å². The average Bonchev–Trinajstić information content (AvgIpc) is 3.17. The zero-order valence-electron chi connectivity index (χ0n) is 15.1. The van der Waals surface area contributed by atoms with Crippen molar-refractivity contribution in [1.29, 1.82) is 0 Å². The summed E-state index contributed by atoms with van der Waals surface area (Å²) in [5, 5.41) is 0.862. The van der Waals surface area contributed by atoms with Crippen molar-refractivity contribution in [3.05, 3.63) is 54.3 Å². The predicted octanol–water partition coefficient (Wildman–Crippen LogP) is 3.69. The van der Waals surface area contributed by atoms with E-state index in [4.69, 9.17) is 10.2 Å². The van der Waals surface area contributed by atoms with E-state index in [1.807, 2.05) is 47.4 Å². The fourth-order valence-electron chi connectivity index (χ4n) is 3.62. The van der Waals surface area contributed by atoms with Crippen LogP contribution >= 0.6 is 0 Å². The molecule has 5 nitrogen and oxygen atoms in total. The lowest BCUT2D eigenvalue weighted by Gasteiger charge is -2.42. The number of benzene rings is 1. The van der Waals surface area contributed by atoms with Gasteiger partial charge in [0.2, 0.25) is 0 Å². The Morgan fingerprint density at radius 3 is 2.81 bits per heavy atom. The van der Waals surface area contributed by atoms with Crippen LogP contribution in [0.2, 0.25) is 0 Å². The molecule has 0 aliphatic carbocycles. The first kappa shape index (κ1) is 16.8. The van der Waals surface area contributed by atoms with Gasteiger partial charge in [0.15, 0.2) is 5.76 Å². The topological polar surface area (TPSA) is 72.4 Å². The Labute approximate surface area is 152 Å². The summed E-state index contributed by atoms with van der Waals surface area (Å²) < 4.78 is 5.49. The highest BCUT2D eigenvalue weighted by atomic mass is 16.3. The number of nitrogens with two attached hydrogens (primary N) is 1. The lowest BCUT2D eigenvalue weighted by atomic mass is 9.79. The Hall–Kier alpha value is -2.66. The van der Waals surface area contributed by atoms with Gasteiger partial charge in [-0.05, 0) is 36.1 Å². The molecule has 0 spiro atoms. The second-order valence-electron chi connectivity index (χ2n) is 7.66. The van der Waals surface area contributed by atoms with Crippen LogP contribution in [0.5, 0.6) is 0 Å². The number of nitrogens with zero attached hydrogens (tertiary/aromatic N) is 2. The normalized spacial score (nSPS) is 19.7. The largest absolute Gasteiger partial charge is 0.463 e. The molecule has 1 unspecified atom stereocenters. The van der Waals surface area contributed by atoms with Crippen molar-refractivity contribution < 1.29 is 9.21 Å². The molecule has 2 aromatic heterocycles. The fraction of sp³-hybridized carbons (Fsp3) is 0.333. The number of hydrogen-bond donors (Lipinski definition) is 1. The first-order valence-corrected chi connectivity index (χ1v) is 8.94. The van der Waals surface area contributed by atoms with Gasteiger partial charge >= 0.3 is 0 Å². The number of fused-ring (bicyclic) bond motifs is 1. The van der Waals surface area contributed by atoms with Crippen molar-refractivity contribution in [3.8, 4) is 11.5 Å². The highest BCUT2D eigenvalue weighted by Crippen LogP contribution is 2.31. The van der Waals surface area contributed by atoms with Crippen molar-refractivity contribution in [2.45, 2.75) is 26.3 Å². The minimum Gasteiger partial charge on any atom is -0.463 e. The molecule has 1 aliphatic heterocycles. The first-order valence-electron chi connectivity index (χ1n) is 8.94. The monoisotopic (exact) mass is 349 g/mol. The van der Waals surface area contributed by atoms with E-state index < -0.39 is 0 Å². The van der Waals surface area contributed by atoms with E-state index in [9.17, 15) is 4.79 Å². The van der Waals surface area contributed by atoms with Crippen molar-refractivity contribution in [2.24, 2.45) is 11.1 Å². The van der Waals surface area contributed by atoms with E-state index in [0.29, 0.717) is 30.1 Å². The van der Waals surface area contributed by atoms with Gasteiger partial charge in [0.1, 0.15) is 5.69 Å². The van der Waals surface area contributed by atoms with Gasteiger partial charge in [-0.2, -0.15) is 0 Å². The van der Waals surface area contributed by atoms with E-state index in [0.717, 1.165) is 17.3 Å². The second kappa shape index (κ2) is 6.25. The number of aromatic nitrogens is 1. The number of carbonyl (C=O) groups excluding carboxylic acids is 1. The minimum atomic E-state index is -0.0966. The standard InChI is InChI=1S/C21H23N3O2/c1-21(2)13-24(10-9-19(21)22)20(25)15-12-17(18-8-5-11-26-18)23-16-7-4-3-6-14(15)16/h3-8,11-12,19H,9-10,13,22H2,1-2H3. The highest BCUT2D eigenvalue weighted by molar-refractivity contribution is 6.07. The van der Waals surface area contributed by atoms with Crippen LogP contribution in [0, 0.1) is 5.41 Å². The highest BCUT2D eigenvalue weighted by Gasteiger charge is 2.36. The molecule has 4 rings (SSSR count). The van der Waals surface area contributed by atoms with Crippen molar-refractivity contribution in [3.63, 3.8) is 0 Å². The molecule has 1 aromatic carbocycles. The number of pyridine rings is 1. The molecular formula is C21H23N3O2. The Morgan fingerprint density at radius 2 is 2.08 bits per heavy atom. The number of carbonyl (C=O) groups is 1. The molecule has 26 heavy (non-hydrogen) atoms. The van der Waals surface area contributed by atoms with Crippen LogP contribution in [0.1, 0.15) is 30.6 Å². The molecule has 3 heterocycles. The Kier molecular flexibility index (Phi) is 4.04. The first-order chi connectivity index (χ1) is 12.5. The van der Waals surface area contributed by atoms with E-state index in [-0.39, 0.29) is 17.4 Å². The lowest BCUT2D eigenvalue weighted by Crippen LogP contribution is -2.54. The molecule has 1 aliphatic rings. The second-order valence-corrected chi connectivity index (χ2v) is 7.66. The summed E-state index contributed by atoms with van der Waals surface area (Å²) in [6.07, 6.45) is 2.43. The van der Waals surface area contributed by atoms with Crippen LogP contribution in [0.15, 0.2) is 53.1 Å². The van der Waals surface area contributed by atoms with Crippen LogP contribution in [0.3, 0.4) is 0 Å². The number of piperidine rings is 1. The van der Waals surface area contributed by atoms with Crippen molar-refractivity contribution in [2.75, 3.05) is 13.1 Å². The fourth-order valence-corrected chi connectivity index (χ4v) is 3.62. The number of amides is 1. The van der Waals surface area contributed by atoms with E-state index in [2.05, 4.69) is 18.8 Å². The number of para-hydroxylation sites is 1. The van der Waals surface area contributed by atoms with E-state index >= 15 is 0 Å². The molecule has 0 saturated carbocycles. The summed E-state index contributed by atoms with van der Waals surface area (Å²) in [5.41, 5.74) is 8.26. The number of rotatable bonds is 2. The zero-order valence-corrected chi connectivity index (χ0v) is 15.1. The molecule has 5 heteroatoms. The summed E-state index contributed by atoms with van der Waals surface area (Å²) in [6, 6.07) is 13.4. The third-order valence-electron chi connectivity index (χ3n) is 5.32. The smallest absolute Gasteiger partial charge is 0.254 e. The Balaban J connectivity index is 1.79. The summed E-state index contributed by atoms with van der Waals surface area (Å²) in [7, 11) is 0. The molecule has 1 amide bonds. The minimum absolute atomic E-state index is 0.0244. The van der Waals surface area contributed by atoms with E-state index in [1.165, 1.54) is 0 Å². The van der Waals surface area contributed by atoms with Gasteiger partial charge in [-0.3, -0.25) is 4.79 Å². The van der Waals surface area contributed by atoms with Gasteiger partial charge < -0.3 is 15.1 Å². The average molecular weight is 349 g/mol. The third-order valence-corrected chi connectivity index (χ3v) is 5.32. The molecular weight excluding hydrogens is 326 g/mol. The van der Waals surface area contributed by atoms with Crippen LogP contribution in [0.25, 0.3) is 22.4 Å². The molecule has 0 bridgehead atoms. The number of hydrogen-bond acceptors (Lipinski definition) is 4. The molecule has 1 atom stereocenters. The maximum absolute atomic E-state index is 13.4. The molecule has 3 aromatic rings. The Morgan fingerprint density at radius 1 is 1.27 bits per heavy atom. The SMILES string of the molecule is CC1(C)CN(C(=O)c2cc(-c3ccco3)nc3ccccc23)CCC1N. The number of likely N-dealkylation sites (tertiary alicyclic amines) is 1. The van der Waals surface area contributed by atoms with Gasteiger partial charge in [0.25, 0.3) is 5.91 Å². The van der Waals surface area contributed by atoms with Gasteiger partial charge in [-0.15, -0.1) is 0 Å². The van der Waals surface area contributed by atoms with Crippen molar-refractivity contribution >= 4 is 16.8 Å². The summed E-state index contributed by atoms with van der Waals surface area (Å²) >= 11 is 0. The number of furan rings is 1. The van der Waals surface area contributed by atoms with Crippen LogP contribution in [-0.2, 0) is 0 Å². The zero-order chi connectivity index (χ0) is 18.3. The summed E-state index contributed by atoms with van der Waals surface area (Å²) in [4.78, 5) is 19.9. The maximum atomic E-state index is 13.4. The van der Waals surface area contributed by atoms with Gasteiger partial charge in [0, 0.05) is 24.5 Å². The summed E-state index contributed by atoms with van der Waals surface area (Å²) in [6.45, 7) is 5.57. The molecule has 0 radical (unpaired) electrons. The van der Waals surface area contributed by atoms with Crippen molar-refractivity contribution in [1.82, 2.24) is 9.88 Å². The van der Waals surface area contributed by atoms with Gasteiger partial charge in [-0.25, -0.2) is 4.98 Å². The van der Waals surface area contributed by atoms with Crippen LogP contribution in [0.4, 0.5) is 0 Å². The van der Waals surface area contributed by atoms with Gasteiger partial charge in [-0.1, -0.05) is 32.0 Å².